The quantitative estimate of drug-likeness (QED) is 0.700. The van der Waals surface area contributed by atoms with Crippen molar-refractivity contribution >= 4 is 11.8 Å². The molecule has 2 aromatic rings. The molecule has 0 spiro atoms. The molecular weight excluding hydrogens is 395 g/mol. The summed E-state index contributed by atoms with van der Waals surface area (Å²) in [7, 11) is 0. The van der Waals surface area contributed by atoms with Crippen LogP contribution in [-0.4, -0.2) is 24.0 Å². The fraction of sp³-hybridized carbons (Fsp3) is 0.364. The minimum Gasteiger partial charge on any atom is -0.344 e. The van der Waals surface area contributed by atoms with Gasteiger partial charge in [0.15, 0.2) is 0 Å². The zero-order valence-electron chi connectivity index (χ0n) is 16.1. The van der Waals surface area contributed by atoms with Crippen molar-refractivity contribution in [2.45, 2.75) is 43.7 Å². The van der Waals surface area contributed by atoms with E-state index in [0.717, 1.165) is 30.5 Å². The van der Waals surface area contributed by atoms with Crippen LogP contribution in [0.25, 0.3) is 0 Å². The van der Waals surface area contributed by atoms with Gasteiger partial charge in [0, 0.05) is 0 Å². The highest BCUT2D eigenvalue weighted by Gasteiger charge is 2.39. The van der Waals surface area contributed by atoms with Crippen LogP contribution in [0.3, 0.4) is 0 Å². The minimum atomic E-state index is -4.43. The summed E-state index contributed by atoms with van der Waals surface area (Å²) in [6, 6.07) is 12.5. The lowest BCUT2D eigenvalue weighted by Gasteiger charge is -2.32. The van der Waals surface area contributed by atoms with Crippen molar-refractivity contribution in [2.24, 2.45) is 5.92 Å². The van der Waals surface area contributed by atoms with E-state index in [1.54, 1.807) is 24.3 Å². The van der Waals surface area contributed by atoms with E-state index in [1.165, 1.54) is 12.1 Å². The van der Waals surface area contributed by atoms with Crippen molar-refractivity contribution in [3.8, 4) is 0 Å². The molecule has 0 radical (unpaired) electrons. The minimum absolute atomic E-state index is 0.0174. The summed E-state index contributed by atoms with van der Waals surface area (Å²) in [6.45, 7) is 0. The van der Waals surface area contributed by atoms with Crippen LogP contribution in [0.4, 0.5) is 13.2 Å². The molecule has 1 aliphatic heterocycles. The molecular formula is C22H22F3N3O2. The van der Waals surface area contributed by atoms with Crippen molar-refractivity contribution in [1.29, 1.82) is 0 Å². The number of amides is 2. The van der Waals surface area contributed by atoms with Crippen molar-refractivity contribution in [3.05, 3.63) is 71.3 Å². The number of carbonyl (C=O) groups is 2. The summed E-state index contributed by atoms with van der Waals surface area (Å²) < 4.78 is 38.8. The first-order chi connectivity index (χ1) is 14.3. The van der Waals surface area contributed by atoms with Crippen LogP contribution in [-0.2, 0) is 15.8 Å². The average Bonchev–Trinajstić information content (AvgIpc) is 3.57. The molecule has 1 saturated carbocycles. The van der Waals surface area contributed by atoms with Crippen molar-refractivity contribution < 1.29 is 22.8 Å². The number of halogens is 3. The summed E-state index contributed by atoms with van der Waals surface area (Å²) in [5.74, 6) is -0.203. The second-order valence-electron chi connectivity index (χ2n) is 7.78. The van der Waals surface area contributed by atoms with Gasteiger partial charge < -0.3 is 10.6 Å². The number of hydrogen-bond donors (Lipinski definition) is 3. The summed E-state index contributed by atoms with van der Waals surface area (Å²) in [5.41, 5.74) is 0.522. The van der Waals surface area contributed by atoms with Gasteiger partial charge in [0.2, 0.25) is 11.8 Å². The highest BCUT2D eigenvalue weighted by molar-refractivity contribution is 5.90. The first-order valence-corrected chi connectivity index (χ1v) is 9.89. The molecule has 4 rings (SSSR count). The molecule has 3 N–H and O–H groups in total. The van der Waals surface area contributed by atoms with E-state index >= 15 is 0 Å². The molecule has 8 heteroatoms. The Kier molecular flexibility index (Phi) is 5.51. The second-order valence-corrected chi connectivity index (χ2v) is 7.78. The first-order valence-electron chi connectivity index (χ1n) is 9.89. The number of hydrogen-bond acceptors (Lipinski definition) is 3. The lowest BCUT2D eigenvalue weighted by molar-refractivity contribution is -0.137. The lowest BCUT2D eigenvalue weighted by Crippen LogP contribution is -2.61. The average molecular weight is 417 g/mol. The number of alkyl halides is 3. The molecule has 1 heterocycles. The summed E-state index contributed by atoms with van der Waals surface area (Å²) in [4.78, 5) is 25.0. The van der Waals surface area contributed by atoms with E-state index < -0.39 is 23.8 Å². The standard InChI is InChI=1S/C22H22F3N3O2/c23-22(24,25)16-10-8-14(9-11-16)19(13-4-2-1-3-5-13)28-21(30)17-12-18(29)27-20(26-17)15-6-7-15/h1-5,8-11,15,17,19-20,26H,6-7,12H2,(H,27,29)(H,28,30). The van der Waals surface area contributed by atoms with Gasteiger partial charge in [-0.05, 0) is 42.0 Å². The molecule has 2 aromatic carbocycles. The molecule has 158 valence electrons. The molecule has 5 nitrogen and oxygen atoms in total. The molecule has 2 fully saturated rings. The fourth-order valence-corrected chi connectivity index (χ4v) is 3.70. The van der Waals surface area contributed by atoms with Gasteiger partial charge in [0.1, 0.15) is 0 Å². The van der Waals surface area contributed by atoms with E-state index in [-0.39, 0.29) is 24.4 Å². The Labute approximate surface area is 172 Å². The van der Waals surface area contributed by atoms with Gasteiger partial charge in [-0.3, -0.25) is 14.9 Å². The van der Waals surface area contributed by atoms with E-state index in [0.29, 0.717) is 11.5 Å². The van der Waals surface area contributed by atoms with Gasteiger partial charge in [-0.1, -0.05) is 42.5 Å². The van der Waals surface area contributed by atoms with E-state index in [2.05, 4.69) is 16.0 Å². The van der Waals surface area contributed by atoms with Gasteiger partial charge in [0.25, 0.3) is 0 Å². The van der Waals surface area contributed by atoms with Crippen molar-refractivity contribution in [1.82, 2.24) is 16.0 Å². The second kappa shape index (κ2) is 8.10. The van der Waals surface area contributed by atoms with Crippen LogP contribution < -0.4 is 16.0 Å². The number of carbonyl (C=O) groups excluding carboxylic acids is 2. The molecule has 3 unspecified atom stereocenters. The zero-order valence-corrected chi connectivity index (χ0v) is 16.1. The maximum Gasteiger partial charge on any atom is 0.416 e. The predicted octanol–water partition coefficient (Wildman–Crippen LogP) is 3.13. The smallest absolute Gasteiger partial charge is 0.344 e. The molecule has 0 aromatic heterocycles. The molecule has 1 saturated heterocycles. The Balaban J connectivity index is 1.56. The van der Waals surface area contributed by atoms with E-state index in [4.69, 9.17) is 0 Å². The van der Waals surface area contributed by atoms with Crippen LogP contribution in [0.5, 0.6) is 0 Å². The normalized spacial score (nSPS) is 22.8. The van der Waals surface area contributed by atoms with Gasteiger partial charge in [-0.25, -0.2) is 0 Å². The maximum absolute atomic E-state index is 13.0. The number of rotatable bonds is 5. The van der Waals surface area contributed by atoms with E-state index in [9.17, 15) is 22.8 Å². The molecule has 1 aliphatic carbocycles. The topological polar surface area (TPSA) is 70.2 Å². The Hall–Kier alpha value is -2.87. The third kappa shape index (κ3) is 4.64. The van der Waals surface area contributed by atoms with Crippen molar-refractivity contribution in [3.63, 3.8) is 0 Å². The summed E-state index contributed by atoms with van der Waals surface area (Å²) in [5, 5.41) is 8.97. The maximum atomic E-state index is 13.0. The van der Waals surface area contributed by atoms with Crippen LogP contribution in [0.1, 0.15) is 42.0 Å². The Morgan fingerprint density at radius 2 is 1.63 bits per heavy atom. The molecule has 3 atom stereocenters. The highest BCUT2D eigenvalue weighted by Crippen LogP contribution is 2.33. The summed E-state index contributed by atoms with van der Waals surface area (Å²) >= 11 is 0. The fourth-order valence-electron chi connectivity index (χ4n) is 3.70. The van der Waals surface area contributed by atoms with Crippen LogP contribution in [0.2, 0.25) is 0 Å². The van der Waals surface area contributed by atoms with Gasteiger partial charge in [-0.15, -0.1) is 0 Å². The largest absolute Gasteiger partial charge is 0.416 e. The SMILES string of the molecule is O=C1CC(C(=O)NC(c2ccccc2)c2ccc(C(F)(F)F)cc2)NC(C2CC2)N1. The predicted molar refractivity (Wildman–Crippen MR) is 104 cm³/mol. The third-order valence-corrected chi connectivity index (χ3v) is 5.49. The molecule has 2 amide bonds. The van der Waals surface area contributed by atoms with Crippen molar-refractivity contribution in [2.75, 3.05) is 0 Å². The van der Waals surface area contributed by atoms with Crippen LogP contribution >= 0.6 is 0 Å². The highest BCUT2D eigenvalue weighted by atomic mass is 19.4. The number of benzene rings is 2. The molecule has 30 heavy (non-hydrogen) atoms. The Morgan fingerprint density at radius 1 is 1.00 bits per heavy atom. The van der Waals surface area contributed by atoms with E-state index in [1.807, 2.05) is 6.07 Å². The molecule has 2 aliphatic rings. The Morgan fingerprint density at radius 3 is 2.23 bits per heavy atom. The zero-order chi connectivity index (χ0) is 21.3. The summed E-state index contributed by atoms with van der Waals surface area (Å²) in [6.07, 6.45) is -2.62. The van der Waals surface area contributed by atoms with Gasteiger partial charge in [-0.2, -0.15) is 13.2 Å². The van der Waals surface area contributed by atoms with Gasteiger partial charge >= 0.3 is 6.18 Å². The molecule has 0 bridgehead atoms. The monoisotopic (exact) mass is 417 g/mol. The third-order valence-electron chi connectivity index (χ3n) is 5.49. The van der Waals surface area contributed by atoms with Gasteiger partial charge in [0.05, 0.1) is 30.2 Å². The first kappa shape index (κ1) is 20.4. The Bertz CT molecular complexity index is 911. The lowest BCUT2D eigenvalue weighted by atomic mass is 9.96. The number of nitrogens with one attached hydrogen (secondary N) is 3. The van der Waals surface area contributed by atoms with Crippen LogP contribution in [0.15, 0.2) is 54.6 Å². The van der Waals surface area contributed by atoms with Crippen LogP contribution in [0, 0.1) is 5.92 Å².